The van der Waals surface area contributed by atoms with Crippen LogP contribution < -0.4 is 0 Å². The maximum Gasteiger partial charge on any atom is 2.00 e. The Balaban J connectivity index is 0. The molecule has 0 radical (unpaired) electrons. The Morgan fingerprint density at radius 3 is 1.57 bits per heavy atom. The van der Waals surface area contributed by atoms with Crippen LogP contribution in [0.1, 0.15) is 27.2 Å². The van der Waals surface area contributed by atoms with Gasteiger partial charge in [0, 0.05) is 5.92 Å². The van der Waals surface area contributed by atoms with Crippen molar-refractivity contribution in [1.82, 2.24) is 0 Å². The van der Waals surface area contributed by atoms with Crippen molar-refractivity contribution in [2.45, 2.75) is 45.2 Å². The van der Waals surface area contributed by atoms with Crippen LogP contribution in [-0.2, 0) is 40.1 Å². The summed E-state index contributed by atoms with van der Waals surface area (Å²) in [6.07, 6.45) is -1.27. The fourth-order valence-corrected chi connectivity index (χ4v) is 1.53. The molecule has 2 unspecified atom stereocenters. The fourth-order valence-electron chi connectivity index (χ4n) is 1.53. The minimum absolute atomic E-state index is 0. The van der Waals surface area contributed by atoms with Gasteiger partial charge in [0.15, 0.2) is 5.79 Å². The van der Waals surface area contributed by atoms with Crippen molar-refractivity contribution >= 4 is 11.9 Å². The van der Waals surface area contributed by atoms with Gasteiger partial charge >= 0.3 is 33.0 Å². The number of ether oxygens (including phenoxy) is 2. The Morgan fingerprint density at radius 2 is 1.43 bits per heavy atom. The third kappa shape index (κ3) is 7.87. The minimum Gasteiger partial charge on any atom is -0.675 e. The Hall–Kier alpha value is -0.532. The summed E-state index contributed by atoms with van der Waals surface area (Å²) in [5, 5.41) is 15.4. The van der Waals surface area contributed by atoms with Crippen LogP contribution in [0.5, 0.6) is 0 Å². The first-order valence-corrected chi connectivity index (χ1v) is 6.24. The summed E-state index contributed by atoms with van der Waals surface area (Å²) in [5.41, 5.74) is 14.5. The van der Waals surface area contributed by atoms with Crippen molar-refractivity contribution in [3.05, 3.63) is 11.5 Å². The van der Waals surface area contributed by atoms with E-state index in [0.717, 1.165) is 0 Å². The molecule has 1 rings (SSSR count). The van der Waals surface area contributed by atoms with Gasteiger partial charge in [0.05, 0.1) is 12.2 Å². The van der Waals surface area contributed by atoms with Crippen LogP contribution in [0.4, 0.5) is 0 Å². The van der Waals surface area contributed by atoms with Gasteiger partial charge in [0.2, 0.25) is 0 Å². The first kappa shape index (κ1) is 22.7. The number of hydrogen-bond donors (Lipinski definition) is 2. The summed E-state index contributed by atoms with van der Waals surface area (Å²) in [4.78, 5) is 18.9. The molecule has 1 aliphatic rings. The Morgan fingerprint density at radius 1 is 1.10 bits per heavy atom. The molecule has 126 valence electrons. The van der Waals surface area contributed by atoms with Crippen molar-refractivity contribution in [2.75, 3.05) is 13.1 Å². The molecule has 1 saturated heterocycles. The Labute approximate surface area is 138 Å². The standard InChI is InChI=1S/C9H18N2O2.C3H4O4.Pt/c1-6(2)9(3)12-7(4-10)8(5-11)13-9;4-2(5)1-3(6)7;/h6-8,10-11H,4-5H2,1-3H3;1H2,(H,4,5)(H,6,7);/q-2;;+2. The summed E-state index contributed by atoms with van der Waals surface area (Å²) < 4.78 is 11.3. The SMILES string of the molecule is CC(C)C1(C)OC(C[NH-])C(C[NH-])O1.O=C(O)CC(=O)O.[Pt+2]. The zero-order valence-electron chi connectivity index (χ0n) is 12.2. The fraction of sp³-hybridized carbons (Fsp3) is 0.833. The summed E-state index contributed by atoms with van der Waals surface area (Å²) in [5.74, 6) is -2.98. The summed E-state index contributed by atoms with van der Waals surface area (Å²) >= 11 is 0. The van der Waals surface area contributed by atoms with E-state index in [1.807, 2.05) is 20.8 Å². The van der Waals surface area contributed by atoms with Crippen molar-refractivity contribution < 1.29 is 50.3 Å². The van der Waals surface area contributed by atoms with Crippen molar-refractivity contribution in [3.8, 4) is 0 Å². The van der Waals surface area contributed by atoms with Gasteiger partial charge in [-0.15, -0.1) is 13.1 Å². The molecule has 9 heteroatoms. The normalized spacial score (nSPS) is 27.5. The first-order chi connectivity index (χ1) is 9.16. The molecule has 8 nitrogen and oxygen atoms in total. The zero-order valence-corrected chi connectivity index (χ0v) is 14.5. The smallest absolute Gasteiger partial charge is 0.675 e. The number of aliphatic carboxylic acids is 2. The molecule has 0 bridgehead atoms. The summed E-state index contributed by atoms with van der Waals surface area (Å²) in [7, 11) is 0. The number of rotatable bonds is 5. The number of carboxylic acid groups (broad SMARTS) is 2. The molecule has 0 aromatic heterocycles. The maximum absolute atomic E-state index is 9.43. The predicted octanol–water partition coefficient (Wildman–Crippen LogP) is 1.79. The third-order valence-electron chi connectivity index (χ3n) is 2.94. The van der Waals surface area contributed by atoms with E-state index in [-0.39, 0.29) is 52.3 Å². The molecule has 1 heterocycles. The van der Waals surface area contributed by atoms with Gasteiger partial charge in [-0.1, -0.05) is 13.8 Å². The van der Waals surface area contributed by atoms with Gasteiger partial charge in [0.1, 0.15) is 6.42 Å². The second-order valence-corrected chi connectivity index (χ2v) is 4.86. The molecule has 0 saturated carbocycles. The molecule has 0 aliphatic carbocycles. The Bertz CT molecular complexity index is 316. The van der Waals surface area contributed by atoms with Gasteiger partial charge < -0.3 is 31.2 Å². The van der Waals surface area contributed by atoms with E-state index in [9.17, 15) is 9.59 Å². The summed E-state index contributed by atoms with van der Waals surface area (Å²) in [6.45, 7) is 6.27. The number of nitrogens with one attached hydrogen (secondary N) is 2. The van der Waals surface area contributed by atoms with E-state index in [2.05, 4.69) is 0 Å². The van der Waals surface area contributed by atoms with Gasteiger partial charge in [0.25, 0.3) is 0 Å². The van der Waals surface area contributed by atoms with E-state index in [4.69, 9.17) is 31.2 Å². The minimum atomic E-state index is -1.31. The van der Waals surface area contributed by atoms with E-state index in [0.29, 0.717) is 0 Å². The van der Waals surface area contributed by atoms with Crippen LogP contribution in [0, 0.1) is 5.92 Å². The van der Waals surface area contributed by atoms with Crippen molar-refractivity contribution in [1.29, 1.82) is 0 Å². The molecule has 1 fully saturated rings. The van der Waals surface area contributed by atoms with Gasteiger partial charge in [-0.3, -0.25) is 9.59 Å². The van der Waals surface area contributed by atoms with E-state index < -0.39 is 24.1 Å². The molecule has 0 aromatic carbocycles. The molecule has 0 aromatic rings. The molecule has 2 atom stereocenters. The summed E-state index contributed by atoms with van der Waals surface area (Å²) in [6, 6.07) is 0. The average Bonchev–Trinajstić information content (AvgIpc) is 2.66. The molecule has 0 spiro atoms. The van der Waals surface area contributed by atoms with Crippen LogP contribution in [0.15, 0.2) is 0 Å². The van der Waals surface area contributed by atoms with Crippen molar-refractivity contribution in [2.24, 2.45) is 5.92 Å². The zero-order chi connectivity index (χ0) is 15.9. The van der Waals surface area contributed by atoms with Crippen LogP contribution in [0.2, 0.25) is 0 Å². The van der Waals surface area contributed by atoms with Gasteiger partial charge in [-0.2, -0.15) is 0 Å². The molecular formula is C12H22N2O6Pt. The van der Waals surface area contributed by atoms with Gasteiger partial charge in [-0.25, -0.2) is 0 Å². The quantitative estimate of drug-likeness (QED) is 0.569. The average molecular weight is 485 g/mol. The van der Waals surface area contributed by atoms with E-state index >= 15 is 0 Å². The van der Waals surface area contributed by atoms with Crippen LogP contribution >= 0.6 is 0 Å². The monoisotopic (exact) mass is 485 g/mol. The third-order valence-corrected chi connectivity index (χ3v) is 2.94. The number of hydrogen-bond acceptors (Lipinski definition) is 4. The van der Waals surface area contributed by atoms with Crippen molar-refractivity contribution in [3.63, 3.8) is 0 Å². The van der Waals surface area contributed by atoms with E-state index in [1.54, 1.807) is 0 Å². The maximum atomic E-state index is 9.43. The molecular weight excluding hydrogens is 463 g/mol. The second kappa shape index (κ2) is 10.2. The Kier molecular flexibility index (Phi) is 11.1. The predicted molar refractivity (Wildman–Crippen MR) is 71.3 cm³/mol. The first-order valence-electron chi connectivity index (χ1n) is 6.24. The second-order valence-electron chi connectivity index (χ2n) is 4.86. The van der Waals surface area contributed by atoms with E-state index in [1.165, 1.54) is 0 Å². The topological polar surface area (TPSA) is 141 Å². The van der Waals surface area contributed by atoms with Crippen LogP contribution in [0.3, 0.4) is 0 Å². The van der Waals surface area contributed by atoms with Crippen LogP contribution in [0.25, 0.3) is 11.5 Å². The molecule has 0 amide bonds. The molecule has 4 N–H and O–H groups in total. The molecule has 21 heavy (non-hydrogen) atoms. The van der Waals surface area contributed by atoms with Crippen LogP contribution in [-0.4, -0.2) is 53.2 Å². The number of carbonyl (C=O) groups is 2. The largest absolute Gasteiger partial charge is 2.00 e. The van der Waals surface area contributed by atoms with Gasteiger partial charge in [-0.05, 0) is 6.92 Å². The molecule has 1 aliphatic heterocycles. The number of carboxylic acids is 2.